The van der Waals surface area contributed by atoms with Gasteiger partial charge in [-0.15, -0.1) is 37.2 Å². The molecule has 1 saturated heterocycles. The van der Waals surface area contributed by atoms with Crippen molar-refractivity contribution in [2.24, 2.45) is 7.05 Å². The largest absolute Gasteiger partial charge is 0.493 e. The molecule has 0 radical (unpaired) electrons. The first-order valence-electron chi connectivity index (χ1n) is 11.5. The van der Waals surface area contributed by atoms with E-state index in [4.69, 9.17) is 19.2 Å². The number of anilines is 1. The van der Waals surface area contributed by atoms with E-state index in [9.17, 15) is 4.79 Å². The van der Waals surface area contributed by atoms with Gasteiger partial charge < -0.3 is 29.0 Å². The van der Waals surface area contributed by atoms with Crippen molar-refractivity contribution in [2.45, 2.75) is 13.5 Å². The van der Waals surface area contributed by atoms with E-state index in [1.807, 2.05) is 25.2 Å². The van der Waals surface area contributed by atoms with Gasteiger partial charge >= 0.3 is 0 Å². The molecule has 0 spiro atoms. The Hall–Kier alpha value is -2.43. The highest BCUT2D eigenvalue weighted by Gasteiger charge is 2.20. The van der Waals surface area contributed by atoms with Crippen LogP contribution < -0.4 is 19.5 Å². The molecular weight excluding hydrogens is 541 g/mol. The molecule has 2 heterocycles. The molecule has 0 saturated carbocycles. The van der Waals surface area contributed by atoms with Crippen LogP contribution in [0, 0.1) is 0 Å². The second-order valence-corrected chi connectivity index (χ2v) is 8.37. The second-order valence-electron chi connectivity index (χ2n) is 8.37. The van der Waals surface area contributed by atoms with Crippen LogP contribution in [0.4, 0.5) is 5.69 Å². The summed E-state index contributed by atoms with van der Waals surface area (Å²) >= 11 is 0. The molecule has 1 aromatic heterocycles. The van der Waals surface area contributed by atoms with Gasteiger partial charge in [-0.05, 0) is 36.9 Å². The van der Waals surface area contributed by atoms with Crippen molar-refractivity contribution in [3.05, 3.63) is 41.7 Å². The Labute approximate surface area is 236 Å². The van der Waals surface area contributed by atoms with Gasteiger partial charge in [-0.2, -0.15) is 0 Å². The molecule has 1 aliphatic heterocycles. The lowest BCUT2D eigenvalue weighted by atomic mass is 10.1. The molecule has 37 heavy (non-hydrogen) atoms. The smallest absolute Gasteiger partial charge is 0.255 e. The molecule has 9 nitrogen and oxygen atoms in total. The summed E-state index contributed by atoms with van der Waals surface area (Å²) in [7, 11) is 6.62. The van der Waals surface area contributed by atoms with Gasteiger partial charge in [0.25, 0.3) is 5.91 Å². The first kappa shape index (κ1) is 32.6. The van der Waals surface area contributed by atoms with Gasteiger partial charge in [-0.3, -0.25) is 9.69 Å². The Morgan fingerprint density at radius 1 is 0.919 bits per heavy atom. The second kappa shape index (κ2) is 14.5. The molecule has 0 aliphatic carbocycles. The summed E-state index contributed by atoms with van der Waals surface area (Å²) in [5.41, 5.74) is 2.97. The number of hydrogen-bond donors (Lipinski definition) is 1. The Balaban J connectivity index is 0.00000228. The van der Waals surface area contributed by atoms with Gasteiger partial charge in [0.15, 0.2) is 11.5 Å². The number of fused-ring (bicyclic) bond motifs is 1. The highest BCUT2D eigenvalue weighted by molar-refractivity contribution is 6.05. The molecule has 0 bridgehead atoms. The number of hydrogen-bond acceptors (Lipinski definition) is 7. The summed E-state index contributed by atoms with van der Waals surface area (Å²) in [4.78, 5) is 22.7. The Bertz CT molecular complexity index is 1160. The van der Waals surface area contributed by atoms with E-state index >= 15 is 0 Å². The van der Waals surface area contributed by atoms with Crippen LogP contribution in [-0.4, -0.2) is 79.3 Å². The number of benzene rings is 2. The molecule has 1 aliphatic rings. The number of ether oxygens (including phenoxy) is 3. The minimum Gasteiger partial charge on any atom is -0.493 e. The van der Waals surface area contributed by atoms with Crippen LogP contribution >= 0.6 is 37.2 Å². The van der Waals surface area contributed by atoms with E-state index < -0.39 is 0 Å². The van der Waals surface area contributed by atoms with E-state index in [2.05, 4.69) is 26.6 Å². The van der Waals surface area contributed by atoms with Gasteiger partial charge in [0, 0.05) is 44.5 Å². The lowest BCUT2D eigenvalue weighted by Crippen LogP contribution is -2.45. The van der Waals surface area contributed by atoms with Crippen LogP contribution in [0.5, 0.6) is 17.2 Å². The van der Waals surface area contributed by atoms with E-state index in [0.29, 0.717) is 28.5 Å². The number of nitrogens with zero attached hydrogens (tertiary/aromatic N) is 4. The number of amides is 1. The molecule has 1 fully saturated rings. The van der Waals surface area contributed by atoms with Gasteiger partial charge in [-0.25, -0.2) is 4.98 Å². The van der Waals surface area contributed by atoms with Crippen molar-refractivity contribution in [2.75, 3.05) is 59.4 Å². The van der Waals surface area contributed by atoms with Crippen LogP contribution in [0.3, 0.4) is 0 Å². The van der Waals surface area contributed by atoms with E-state index in [-0.39, 0.29) is 43.1 Å². The third kappa shape index (κ3) is 7.12. The van der Waals surface area contributed by atoms with E-state index in [1.54, 1.807) is 12.1 Å². The zero-order valence-electron chi connectivity index (χ0n) is 21.8. The molecule has 1 N–H and O–H groups in total. The van der Waals surface area contributed by atoms with Crippen molar-refractivity contribution < 1.29 is 19.0 Å². The average molecular weight is 577 g/mol. The average Bonchev–Trinajstić information content (AvgIpc) is 3.17. The minimum absolute atomic E-state index is 0. The van der Waals surface area contributed by atoms with Crippen LogP contribution in [0.2, 0.25) is 0 Å². The topological polar surface area (TPSA) is 81.1 Å². The molecule has 0 atom stereocenters. The standard InChI is InChI=1S/C25H33N5O4.3ClH/c1-6-29-9-11-30(12-10-29)16-23-27-19-15-18(7-8-20(19)28(23)2)26-25(31)17-13-21(32-3)24(34-5)22(14-17)33-4;;;/h7-8,13-15H,6,9-12,16H2,1-5H3,(H,26,31);3*1H. The zero-order chi connectivity index (χ0) is 24.2. The van der Waals surface area contributed by atoms with Gasteiger partial charge in [0.1, 0.15) is 5.82 Å². The summed E-state index contributed by atoms with van der Waals surface area (Å²) in [6.07, 6.45) is 0. The first-order chi connectivity index (χ1) is 16.5. The molecule has 3 aromatic rings. The predicted octanol–water partition coefficient (Wildman–Crippen LogP) is 4.25. The van der Waals surface area contributed by atoms with E-state index in [0.717, 1.165) is 56.1 Å². The van der Waals surface area contributed by atoms with Gasteiger partial charge in [0.2, 0.25) is 5.75 Å². The van der Waals surface area contributed by atoms with Crippen LogP contribution in [0.25, 0.3) is 11.0 Å². The number of likely N-dealkylation sites (N-methyl/N-ethyl adjacent to an activating group) is 1. The van der Waals surface area contributed by atoms with Crippen molar-refractivity contribution in [1.29, 1.82) is 0 Å². The first-order valence-corrected chi connectivity index (χ1v) is 11.5. The number of imidazole rings is 1. The molecular formula is C25H36Cl3N5O4. The quantitative estimate of drug-likeness (QED) is 0.429. The Morgan fingerprint density at radius 2 is 1.51 bits per heavy atom. The van der Waals surface area contributed by atoms with Crippen LogP contribution in [-0.2, 0) is 13.6 Å². The number of piperazine rings is 1. The Kier molecular flexibility index (Phi) is 12.8. The van der Waals surface area contributed by atoms with Crippen molar-refractivity contribution in [3.63, 3.8) is 0 Å². The number of carbonyl (C=O) groups is 1. The van der Waals surface area contributed by atoms with Gasteiger partial charge in [-0.1, -0.05) is 6.92 Å². The number of methoxy groups -OCH3 is 3. The number of halogens is 3. The zero-order valence-corrected chi connectivity index (χ0v) is 24.2. The maximum Gasteiger partial charge on any atom is 0.255 e. The number of rotatable bonds is 8. The number of carbonyl (C=O) groups excluding carboxylic acids is 1. The molecule has 12 heteroatoms. The highest BCUT2D eigenvalue weighted by Crippen LogP contribution is 2.38. The number of aryl methyl sites for hydroxylation is 1. The fourth-order valence-electron chi connectivity index (χ4n) is 4.35. The lowest BCUT2D eigenvalue weighted by Gasteiger charge is -2.33. The normalized spacial score (nSPS) is 13.6. The summed E-state index contributed by atoms with van der Waals surface area (Å²) in [5, 5.41) is 2.96. The SMILES string of the molecule is CCN1CCN(Cc2nc3cc(NC(=O)c4cc(OC)c(OC)c(OC)c4)ccc3n2C)CC1.Cl.Cl.Cl. The maximum atomic E-state index is 13.0. The van der Waals surface area contributed by atoms with Gasteiger partial charge in [0.05, 0.1) is 38.9 Å². The third-order valence-corrected chi connectivity index (χ3v) is 6.44. The number of aromatic nitrogens is 2. The summed E-state index contributed by atoms with van der Waals surface area (Å²) in [5.74, 6) is 2.05. The third-order valence-electron chi connectivity index (χ3n) is 6.44. The van der Waals surface area contributed by atoms with E-state index in [1.165, 1.54) is 21.3 Å². The van der Waals surface area contributed by atoms with Crippen LogP contribution in [0.1, 0.15) is 23.1 Å². The molecule has 2 aromatic carbocycles. The molecule has 206 valence electrons. The summed E-state index contributed by atoms with van der Waals surface area (Å²) in [6, 6.07) is 9.05. The summed E-state index contributed by atoms with van der Waals surface area (Å²) < 4.78 is 18.2. The van der Waals surface area contributed by atoms with Crippen molar-refractivity contribution in [3.8, 4) is 17.2 Å². The fraction of sp³-hybridized carbons (Fsp3) is 0.440. The molecule has 0 unspecified atom stereocenters. The Morgan fingerprint density at radius 3 is 2.05 bits per heavy atom. The van der Waals surface area contributed by atoms with Crippen LogP contribution in [0.15, 0.2) is 30.3 Å². The number of nitrogens with one attached hydrogen (secondary N) is 1. The monoisotopic (exact) mass is 575 g/mol. The fourth-order valence-corrected chi connectivity index (χ4v) is 4.35. The predicted molar refractivity (Wildman–Crippen MR) is 154 cm³/mol. The van der Waals surface area contributed by atoms with Crippen molar-refractivity contribution in [1.82, 2.24) is 19.4 Å². The summed E-state index contributed by atoms with van der Waals surface area (Å²) in [6.45, 7) is 8.41. The maximum absolute atomic E-state index is 13.0. The molecule has 4 rings (SSSR count). The lowest BCUT2D eigenvalue weighted by molar-refractivity contribution is 0.102. The highest BCUT2D eigenvalue weighted by atomic mass is 35.5. The van der Waals surface area contributed by atoms with Crippen molar-refractivity contribution >= 4 is 59.8 Å². The molecule has 1 amide bonds. The minimum atomic E-state index is -0.274.